The summed E-state index contributed by atoms with van der Waals surface area (Å²) in [6.45, 7) is 4.69. The van der Waals surface area contributed by atoms with Crippen molar-refractivity contribution in [2.24, 2.45) is 34.5 Å². The molecule has 1 N–H and O–H groups in total. The van der Waals surface area contributed by atoms with E-state index in [1.807, 2.05) is 0 Å². The van der Waals surface area contributed by atoms with Crippen LogP contribution < -0.4 is 0 Å². The molecule has 4 aliphatic carbocycles. The molecule has 0 bridgehead atoms. The van der Waals surface area contributed by atoms with E-state index in [1.165, 1.54) is 19.3 Å². The largest absolute Gasteiger partial charge is 0.302 e. The maximum absolute atomic E-state index is 12.4. The molecule has 8 atom stereocenters. The topological polar surface area (TPSA) is 63.6 Å². The molecule has 4 rings (SSSR count). The van der Waals surface area contributed by atoms with E-state index >= 15 is 0 Å². The van der Waals surface area contributed by atoms with Crippen LogP contribution in [0.25, 0.3) is 0 Å². The molecule has 0 radical (unpaired) electrons. The van der Waals surface area contributed by atoms with Crippen LogP contribution in [0, 0.1) is 34.5 Å². The number of hydrogen-bond donors (Lipinski definition) is 1. The summed E-state index contributed by atoms with van der Waals surface area (Å²) in [7, 11) is 0. The molecule has 136 valence electrons. The van der Waals surface area contributed by atoms with E-state index in [2.05, 4.69) is 13.8 Å². The Hall–Kier alpha value is -0.260. The number of rotatable bonds is 2. The minimum Gasteiger partial charge on any atom is -0.299 e. The second-order valence-corrected chi connectivity index (χ2v) is 9.91. The van der Waals surface area contributed by atoms with Crippen LogP contribution in [0.5, 0.6) is 0 Å². The molecule has 0 saturated heterocycles. The van der Waals surface area contributed by atoms with Gasteiger partial charge in [0.2, 0.25) is 0 Å². The van der Waals surface area contributed by atoms with Gasteiger partial charge >= 0.3 is 11.4 Å². The van der Waals surface area contributed by atoms with Crippen molar-refractivity contribution in [1.82, 2.24) is 0 Å². The molecule has 4 nitrogen and oxygen atoms in total. The average Bonchev–Trinajstić information content (AvgIpc) is 2.83. The first-order valence-corrected chi connectivity index (χ1v) is 10.7. The summed E-state index contributed by atoms with van der Waals surface area (Å²) in [5.41, 5.74) is 0.283. The van der Waals surface area contributed by atoms with Gasteiger partial charge in [-0.05, 0) is 80.5 Å². The molecular formula is C19H30O4S. The van der Waals surface area contributed by atoms with Gasteiger partial charge in [-0.25, -0.2) is 0 Å². The summed E-state index contributed by atoms with van der Waals surface area (Å²) >= 11 is -2.15. The summed E-state index contributed by atoms with van der Waals surface area (Å²) in [6, 6.07) is 0. The quantitative estimate of drug-likeness (QED) is 0.758. The van der Waals surface area contributed by atoms with Gasteiger partial charge in [0.1, 0.15) is 5.78 Å². The lowest BCUT2D eigenvalue weighted by Gasteiger charge is -2.60. The number of Topliss-reactive ketones (excluding diaryl/α,β-unsaturated/α-hetero) is 1. The van der Waals surface area contributed by atoms with Gasteiger partial charge in [0, 0.05) is 11.8 Å². The molecule has 0 aromatic rings. The Bertz CT molecular complexity index is 564. The minimum atomic E-state index is -2.15. The monoisotopic (exact) mass is 354 g/mol. The Morgan fingerprint density at radius 2 is 1.88 bits per heavy atom. The van der Waals surface area contributed by atoms with Crippen molar-refractivity contribution in [1.29, 1.82) is 0 Å². The summed E-state index contributed by atoms with van der Waals surface area (Å²) in [5.74, 6) is 3.14. The Labute approximate surface area is 147 Å². The first-order chi connectivity index (χ1) is 11.3. The molecule has 4 saturated carbocycles. The number of carbonyl (C=O) groups excluding carboxylic acids is 1. The van der Waals surface area contributed by atoms with Gasteiger partial charge in [-0.1, -0.05) is 13.8 Å². The predicted molar refractivity (Wildman–Crippen MR) is 92.4 cm³/mol. The van der Waals surface area contributed by atoms with Gasteiger partial charge in [-0.2, -0.15) is 4.21 Å². The number of hydrogen-bond acceptors (Lipinski definition) is 3. The third kappa shape index (κ3) is 2.45. The van der Waals surface area contributed by atoms with Crippen molar-refractivity contribution in [3.63, 3.8) is 0 Å². The highest BCUT2D eigenvalue weighted by molar-refractivity contribution is 7.74. The maximum Gasteiger partial charge on any atom is 0.302 e. The maximum atomic E-state index is 12.4. The lowest BCUT2D eigenvalue weighted by Crippen LogP contribution is -2.54. The van der Waals surface area contributed by atoms with Crippen molar-refractivity contribution in [2.45, 2.75) is 77.7 Å². The SMILES string of the molecule is C[C@]12CC[C@H](OS(=O)O)CC1CC[C@@H]1[C@@H]2CC[C@]2(C)C(=O)CC[C@@H]12. The van der Waals surface area contributed by atoms with Gasteiger partial charge in [-0.3, -0.25) is 13.5 Å². The third-order valence-electron chi connectivity index (χ3n) is 8.55. The van der Waals surface area contributed by atoms with E-state index < -0.39 is 11.4 Å². The van der Waals surface area contributed by atoms with E-state index in [0.717, 1.165) is 44.4 Å². The predicted octanol–water partition coefficient (Wildman–Crippen LogP) is 4.12. The molecule has 5 heteroatoms. The van der Waals surface area contributed by atoms with Crippen LogP contribution in [-0.2, 0) is 20.3 Å². The lowest BCUT2D eigenvalue weighted by atomic mass is 9.45. The summed E-state index contributed by atoms with van der Waals surface area (Å²) in [6.07, 6.45) is 9.43. The van der Waals surface area contributed by atoms with E-state index in [1.54, 1.807) is 0 Å². The Balaban J connectivity index is 1.54. The first-order valence-electron chi connectivity index (χ1n) is 9.66. The van der Waals surface area contributed by atoms with Crippen LogP contribution in [0.3, 0.4) is 0 Å². The Morgan fingerprint density at radius 3 is 2.62 bits per heavy atom. The van der Waals surface area contributed by atoms with Crippen molar-refractivity contribution in [3.05, 3.63) is 0 Å². The van der Waals surface area contributed by atoms with Crippen molar-refractivity contribution in [2.75, 3.05) is 0 Å². The highest BCUT2D eigenvalue weighted by Crippen LogP contribution is 2.65. The minimum absolute atomic E-state index is 0.0432. The molecule has 4 fully saturated rings. The number of carbonyl (C=O) groups is 1. The molecule has 0 aromatic carbocycles. The highest BCUT2D eigenvalue weighted by atomic mass is 32.2. The van der Waals surface area contributed by atoms with Gasteiger partial charge < -0.3 is 0 Å². The smallest absolute Gasteiger partial charge is 0.299 e. The molecule has 0 aliphatic heterocycles. The summed E-state index contributed by atoms with van der Waals surface area (Å²) < 4.78 is 25.2. The van der Waals surface area contributed by atoms with Crippen LogP contribution in [-0.4, -0.2) is 20.6 Å². The Kier molecular flexibility index (Phi) is 4.21. The van der Waals surface area contributed by atoms with Crippen LogP contribution in [0.15, 0.2) is 0 Å². The van der Waals surface area contributed by atoms with Crippen LogP contribution in [0.4, 0.5) is 0 Å². The van der Waals surface area contributed by atoms with E-state index in [0.29, 0.717) is 29.0 Å². The third-order valence-corrected chi connectivity index (χ3v) is 8.98. The highest BCUT2D eigenvalue weighted by Gasteiger charge is 2.60. The fraction of sp³-hybridized carbons (Fsp3) is 0.947. The zero-order valence-corrected chi connectivity index (χ0v) is 15.6. The van der Waals surface area contributed by atoms with Crippen LogP contribution in [0.2, 0.25) is 0 Å². The van der Waals surface area contributed by atoms with Crippen molar-refractivity contribution < 1.29 is 17.7 Å². The second-order valence-electron chi connectivity index (χ2n) is 9.28. The molecule has 0 aromatic heterocycles. The van der Waals surface area contributed by atoms with Crippen molar-refractivity contribution >= 4 is 17.1 Å². The number of fused-ring (bicyclic) bond motifs is 5. The van der Waals surface area contributed by atoms with Crippen molar-refractivity contribution in [3.8, 4) is 0 Å². The molecule has 0 heterocycles. The average molecular weight is 355 g/mol. The fourth-order valence-electron chi connectivity index (χ4n) is 7.19. The van der Waals surface area contributed by atoms with E-state index in [9.17, 15) is 9.00 Å². The first kappa shape index (κ1) is 17.2. The van der Waals surface area contributed by atoms with Gasteiger partial charge in [0.15, 0.2) is 0 Å². The zero-order chi connectivity index (χ0) is 17.1. The second kappa shape index (κ2) is 5.88. The normalized spacial score (nSPS) is 52.3. The molecule has 4 aliphatic rings. The number of ketones is 1. The molecule has 0 amide bonds. The van der Waals surface area contributed by atoms with Crippen LogP contribution >= 0.6 is 0 Å². The molecule has 2 unspecified atom stereocenters. The molecular weight excluding hydrogens is 324 g/mol. The summed E-state index contributed by atoms with van der Waals surface area (Å²) in [5, 5.41) is 0. The van der Waals surface area contributed by atoms with E-state index in [4.69, 9.17) is 8.74 Å². The van der Waals surface area contributed by atoms with E-state index in [-0.39, 0.29) is 11.5 Å². The zero-order valence-electron chi connectivity index (χ0n) is 14.8. The molecule has 0 spiro atoms. The Morgan fingerprint density at radius 1 is 1.08 bits per heavy atom. The lowest BCUT2D eigenvalue weighted by molar-refractivity contribution is -0.141. The standard InChI is InChI=1S/C19H30O4S/c1-18-9-7-13(23-24(21)22)11-12(18)3-4-14-15-5-6-17(20)19(15,2)10-8-16(14)18/h12-16H,3-11H2,1-2H3,(H,21,22)/t12?,13-,14-,15-,16-,18-,19-/m0/s1. The van der Waals surface area contributed by atoms with Crippen LogP contribution in [0.1, 0.15) is 71.6 Å². The fourth-order valence-corrected chi connectivity index (χ4v) is 7.60. The van der Waals surface area contributed by atoms with Gasteiger partial charge in [0.25, 0.3) is 0 Å². The molecule has 24 heavy (non-hydrogen) atoms. The summed E-state index contributed by atoms with van der Waals surface area (Å²) in [4.78, 5) is 12.4. The van der Waals surface area contributed by atoms with Gasteiger partial charge in [0.05, 0.1) is 6.10 Å². The van der Waals surface area contributed by atoms with Gasteiger partial charge in [-0.15, -0.1) is 0 Å².